The lowest BCUT2D eigenvalue weighted by atomic mass is 9.81. The first-order valence-corrected chi connectivity index (χ1v) is 23.6. The Kier molecular flexibility index (Phi) is 10.7. The van der Waals surface area contributed by atoms with Crippen LogP contribution in [0.3, 0.4) is 0 Å². The number of aryl methyl sites for hydroxylation is 1. The fourth-order valence-electron chi connectivity index (χ4n) is 9.84. The zero-order valence-corrected chi connectivity index (χ0v) is 38.3. The van der Waals surface area contributed by atoms with E-state index in [1.54, 1.807) is 0 Å². The standard InChI is InChI=1S/C64H46N4O/c1-41-24-29-55(47-28-33-62(67-40-47)58-23-13-22-56-57-30-25-42(2)68-64(57)69-63(56)58)59(34-41)50-36-48(53-20-11-9-18-51(53)45-26-31-60(65-38-45)43-14-5-3-6-15-43)35-49(37-50)54-21-12-10-19-52(54)46-27-32-61(66-39-46)44-16-7-4-8-17-44/h3-33,35-41H,34H2,1-2H3. The van der Waals surface area contributed by atoms with Crippen molar-refractivity contribution >= 4 is 33.2 Å². The van der Waals surface area contributed by atoms with Gasteiger partial charge in [-0.15, -0.1) is 0 Å². The first-order chi connectivity index (χ1) is 34.0. The van der Waals surface area contributed by atoms with Gasteiger partial charge in [0.2, 0.25) is 5.71 Å². The van der Waals surface area contributed by atoms with Gasteiger partial charge in [-0.05, 0) is 124 Å². The summed E-state index contributed by atoms with van der Waals surface area (Å²) in [7, 11) is 0. The third-order valence-electron chi connectivity index (χ3n) is 13.3. The molecule has 12 rings (SSSR count). The van der Waals surface area contributed by atoms with Crippen LogP contribution in [0.1, 0.15) is 30.2 Å². The average Bonchev–Trinajstić information content (AvgIpc) is 3.79. The van der Waals surface area contributed by atoms with E-state index in [-0.39, 0.29) is 0 Å². The van der Waals surface area contributed by atoms with Crippen LogP contribution in [0.5, 0.6) is 0 Å². The highest BCUT2D eigenvalue weighted by atomic mass is 16.3. The normalized spacial score (nSPS) is 13.6. The molecule has 328 valence electrons. The van der Waals surface area contributed by atoms with Gasteiger partial charge in [0.15, 0.2) is 0 Å². The largest absolute Gasteiger partial charge is 0.437 e. The highest BCUT2D eigenvalue weighted by molar-refractivity contribution is 6.08. The molecule has 0 aliphatic heterocycles. The van der Waals surface area contributed by atoms with Crippen LogP contribution in [-0.2, 0) is 0 Å². The van der Waals surface area contributed by atoms with Gasteiger partial charge in [-0.3, -0.25) is 15.0 Å². The van der Waals surface area contributed by atoms with Crippen molar-refractivity contribution in [1.29, 1.82) is 0 Å². The van der Waals surface area contributed by atoms with Gasteiger partial charge in [-0.25, -0.2) is 4.98 Å². The van der Waals surface area contributed by atoms with Crippen molar-refractivity contribution in [3.63, 3.8) is 0 Å². The van der Waals surface area contributed by atoms with Gasteiger partial charge >= 0.3 is 0 Å². The van der Waals surface area contributed by atoms with E-state index in [9.17, 15) is 0 Å². The summed E-state index contributed by atoms with van der Waals surface area (Å²) in [5, 5.41) is 2.04. The maximum atomic E-state index is 6.39. The van der Waals surface area contributed by atoms with Crippen LogP contribution in [0.4, 0.5) is 0 Å². The van der Waals surface area contributed by atoms with Crippen LogP contribution in [-0.4, -0.2) is 19.9 Å². The number of benzene rings is 6. The number of fused-ring (bicyclic) bond motifs is 3. The second kappa shape index (κ2) is 17.8. The Balaban J connectivity index is 0.999. The third kappa shape index (κ3) is 8.04. The summed E-state index contributed by atoms with van der Waals surface area (Å²) < 4.78 is 6.39. The first kappa shape index (κ1) is 41.6. The second-order valence-electron chi connectivity index (χ2n) is 17.9. The van der Waals surface area contributed by atoms with Crippen molar-refractivity contribution in [2.75, 3.05) is 0 Å². The van der Waals surface area contributed by atoms with Crippen molar-refractivity contribution in [2.45, 2.75) is 20.3 Å². The van der Waals surface area contributed by atoms with Crippen molar-refractivity contribution in [2.24, 2.45) is 5.92 Å². The Morgan fingerprint density at radius 1 is 0.420 bits per heavy atom. The maximum Gasteiger partial charge on any atom is 0.227 e. The molecule has 0 bridgehead atoms. The molecule has 11 aromatic rings. The number of para-hydroxylation sites is 1. The average molecular weight is 887 g/mol. The summed E-state index contributed by atoms with van der Waals surface area (Å²) in [4.78, 5) is 19.7. The third-order valence-corrected chi connectivity index (χ3v) is 13.3. The van der Waals surface area contributed by atoms with E-state index in [0.29, 0.717) is 11.6 Å². The summed E-state index contributed by atoms with van der Waals surface area (Å²) in [5.74, 6) is 0.342. The van der Waals surface area contributed by atoms with Crippen LogP contribution in [0.25, 0.3) is 111 Å². The number of nitrogens with zero attached hydrogens (tertiary/aromatic N) is 4. The lowest BCUT2D eigenvalue weighted by Gasteiger charge is -2.23. The Bertz CT molecular complexity index is 3590. The minimum absolute atomic E-state index is 0.342. The van der Waals surface area contributed by atoms with E-state index in [1.807, 2.05) is 43.7 Å². The molecule has 0 radical (unpaired) electrons. The number of allylic oxidation sites excluding steroid dienone is 4. The van der Waals surface area contributed by atoms with Gasteiger partial charge in [0.05, 0.1) is 17.1 Å². The molecule has 5 aromatic heterocycles. The van der Waals surface area contributed by atoms with Crippen LogP contribution >= 0.6 is 0 Å². The van der Waals surface area contributed by atoms with E-state index in [4.69, 9.17) is 19.4 Å². The summed E-state index contributed by atoms with van der Waals surface area (Å²) in [5.41, 5.74) is 21.8. The minimum atomic E-state index is 0.342. The molecule has 69 heavy (non-hydrogen) atoms. The molecule has 0 fully saturated rings. The van der Waals surface area contributed by atoms with Gasteiger partial charge in [0, 0.05) is 68.4 Å². The molecule has 0 N–H and O–H groups in total. The summed E-state index contributed by atoms with van der Waals surface area (Å²) in [6.45, 7) is 4.28. The molecule has 1 aliphatic carbocycles. The van der Waals surface area contributed by atoms with Crippen molar-refractivity contribution in [3.05, 3.63) is 242 Å². The molecule has 6 aromatic carbocycles. The molecule has 0 spiro atoms. The quantitative estimate of drug-likeness (QED) is 0.144. The lowest BCUT2D eigenvalue weighted by molar-refractivity contribution is 0.653. The SMILES string of the molecule is Cc1ccc2c(n1)oc1c(-c3ccc(C4=C(c5cc(-c6ccccc6-c6ccc(-c7ccccc7)nc6)cc(-c6ccccc6-c6ccc(-c7ccccc7)nc6)c5)CC(C)C=C4)cn3)cccc12. The van der Waals surface area contributed by atoms with Crippen molar-refractivity contribution in [3.8, 4) is 78.3 Å². The van der Waals surface area contributed by atoms with Gasteiger partial charge in [0.1, 0.15) is 5.58 Å². The maximum absolute atomic E-state index is 6.39. The van der Waals surface area contributed by atoms with Crippen molar-refractivity contribution < 1.29 is 4.42 Å². The topological polar surface area (TPSA) is 64.7 Å². The second-order valence-corrected chi connectivity index (χ2v) is 17.9. The summed E-state index contributed by atoms with van der Waals surface area (Å²) >= 11 is 0. The molecule has 0 amide bonds. The number of hydrogen-bond acceptors (Lipinski definition) is 5. The molecular weight excluding hydrogens is 841 g/mol. The lowest BCUT2D eigenvalue weighted by Crippen LogP contribution is -2.03. The molecule has 0 saturated carbocycles. The van der Waals surface area contributed by atoms with Crippen molar-refractivity contribution in [1.82, 2.24) is 19.9 Å². The minimum Gasteiger partial charge on any atom is -0.437 e. The molecule has 5 heterocycles. The smallest absolute Gasteiger partial charge is 0.227 e. The predicted octanol–water partition coefficient (Wildman–Crippen LogP) is 16.7. The Hall–Kier alpha value is -8.80. The highest BCUT2D eigenvalue weighted by Crippen LogP contribution is 2.44. The van der Waals surface area contributed by atoms with E-state index >= 15 is 0 Å². The number of aromatic nitrogens is 4. The Morgan fingerprint density at radius 3 is 1.49 bits per heavy atom. The van der Waals surface area contributed by atoms with Gasteiger partial charge in [-0.2, -0.15) is 0 Å². The molecular formula is C64H46N4O. The van der Waals surface area contributed by atoms with E-state index in [0.717, 1.165) is 112 Å². The van der Waals surface area contributed by atoms with Crippen LogP contribution in [0.15, 0.2) is 229 Å². The summed E-state index contributed by atoms with van der Waals surface area (Å²) in [6.07, 6.45) is 11.5. The predicted molar refractivity (Wildman–Crippen MR) is 284 cm³/mol. The fourth-order valence-corrected chi connectivity index (χ4v) is 9.84. The number of pyridine rings is 4. The van der Waals surface area contributed by atoms with Crippen LogP contribution < -0.4 is 0 Å². The molecule has 5 heteroatoms. The Morgan fingerprint density at radius 2 is 0.928 bits per heavy atom. The molecule has 1 unspecified atom stereocenters. The number of rotatable bonds is 9. The van der Waals surface area contributed by atoms with Crippen LogP contribution in [0, 0.1) is 12.8 Å². The highest BCUT2D eigenvalue weighted by Gasteiger charge is 2.22. The zero-order valence-electron chi connectivity index (χ0n) is 38.3. The molecule has 1 atom stereocenters. The fraction of sp³-hybridized carbons (Fsp3) is 0.0625. The van der Waals surface area contributed by atoms with Gasteiger partial charge in [0.25, 0.3) is 0 Å². The zero-order chi connectivity index (χ0) is 46.3. The van der Waals surface area contributed by atoms with Gasteiger partial charge in [-0.1, -0.05) is 159 Å². The monoisotopic (exact) mass is 886 g/mol. The van der Waals surface area contributed by atoms with E-state index in [2.05, 4.69) is 200 Å². The first-order valence-electron chi connectivity index (χ1n) is 23.6. The van der Waals surface area contributed by atoms with Gasteiger partial charge < -0.3 is 4.42 Å². The number of furan rings is 1. The van der Waals surface area contributed by atoms with E-state index < -0.39 is 0 Å². The molecule has 0 saturated heterocycles. The number of hydrogen-bond donors (Lipinski definition) is 0. The molecule has 1 aliphatic rings. The Labute approximate surface area is 401 Å². The van der Waals surface area contributed by atoms with E-state index in [1.165, 1.54) is 16.7 Å². The molecule has 5 nitrogen and oxygen atoms in total. The summed E-state index contributed by atoms with van der Waals surface area (Å²) in [6, 6.07) is 68.5. The van der Waals surface area contributed by atoms with Crippen LogP contribution in [0.2, 0.25) is 0 Å².